The lowest BCUT2D eigenvalue weighted by Crippen LogP contribution is -2.47. The maximum absolute atomic E-state index is 13.5. The van der Waals surface area contributed by atoms with Crippen molar-refractivity contribution in [3.8, 4) is 11.4 Å². The summed E-state index contributed by atoms with van der Waals surface area (Å²) in [6.45, 7) is 3.85. The average molecular weight is 565 g/mol. The summed E-state index contributed by atoms with van der Waals surface area (Å²) >= 11 is 0. The normalized spacial score (nSPS) is 20.4. The van der Waals surface area contributed by atoms with Crippen molar-refractivity contribution in [2.45, 2.75) is 50.1 Å². The first-order valence-electron chi connectivity index (χ1n) is 14.2. The number of hydrogen-bond acceptors (Lipinski definition) is 5. The van der Waals surface area contributed by atoms with E-state index in [9.17, 15) is 14.4 Å². The van der Waals surface area contributed by atoms with Crippen LogP contribution in [0.2, 0.25) is 0 Å². The lowest BCUT2D eigenvalue weighted by molar-refractivity contribution is -0.131. The van der Waals surface area contributed by atoms with Gasteiger partial charge in [-0.05, 0) is 67.3 Å². The molecule has 0 unspecified atom stereocenters. The number of hydrogen-bond donors (Lipinski definition) is 3. The average Bonchev–Trinajstić information content (AvgIpc) is 3.31. The van der Waals surface area contributed by atoms with Gasteiger partial charge >= 0.3 is 5.97 Å². The van der Waals surface area contributed by atoms with E-state index in [1.54, 1.807) is 55.0 Å². The second kappa shape index (κ2) is 11.2. The van der Waals surface area contributed by atoms with Crippen LogP contribution in [0.3, 0.4) is 0 Å². The van der Waals surface area contributed by atoms with Gasteiger partial charge in [0.05, 0.1) is 22.9 Å². The van der Waals surface area contributed by atoms with Gasteiger partial charge in [0, 0.05) is 29.3 Å². The summed E-state index contributed by atoms with van der Waals surface area (Å²) in [5.41, 5.74) is 3.12. The molecule has 2 atom stereocenters. The molecule has 2 amide bonds. The minimum Gasteiger partial charge on any atom is -0.478 e. The van der Waals surface area contributed by atoms with Gasteiger partial charge in [-0.3, -0.25) is 9.59 Å². The maximum atomic E-state index is 13.5. The zero-order valence-electron chi connectivity index (χ0n) is 23.1. The van der Waals surface area contributed by atoms with E-state index in [0.29, 0.717) is 29.3 Å². The Hall–Kier alpha value is -4.92. The molecule has 42 heavy (non-hydrogen) atoms. The summed E-state index contributed by atoms with van der Waals surface area (Å²) in [4.78, 5) is 42.6. The van der Waals surface area contributed by atoms with Gasteiger partial charge in [0.25, 0.3) is 11.8 Å². The van der Waals surface area contributed by atoms with Crippen molar-refractivity contribution in [1.82, 2.24) is 14.9 Å². The highest BCUT2D eigenvalue weighted by Gasteiger charge is 2.59. The van der Waals surface area contributed by atoms with E-state index in [1.165, 1.54) is 25.3 Å². The number of amides is 2. The van der Waals surface area contributed by atoms with Crippen molar-refractivity contribution in [2.24, 2.45) is 5.92 Å². The van der Waals surface area contributed by atoms with E-state index in [0.717, 1.165) is 41.3 Å². The van der Waals surface area contributed by atoms with Gasteiger partial charge in [0.2, 0.25) is 0 Å². The molecule has 2 fully saturated rings. The Morgan fingerprint density at radius 3 is 2.52 bits per heavy atom. The monoisotopic (exact) mass is 564 g/mol. The van der Waals surface area contributed by atoms with E-state index in [2.05, 4.69) is 21.8 Å². The van der Waals surface area contributed by atoms with Crippen molar-refractivity contribution >= 4 is 40.6 Å². The Morgan fingerprint density at radius 1 is 1.07 bits per heavy atom. The number of aliphatic carboxylic acids is 1. The smallest absolute Gasteiger partial charge is 0.328 e. The van der Waals surface area contributed by atoms with Crippen LogP contribution in [0.15, 0.2) is 84.2 Å². The SMILES string of the molecule is C=C[C@H]1C[C@@]1(NC(=O)c1ccc2c(c1)nc(-c1ccoc1)n2C1CCCCC1)C(=O)Nc1ccc(/C=C/C(=O)O)cc1. The number of fused-ring (bicyclic) bond motifs is 1. The maximum Gasteiger partial charge on any atom is 0.328 e. The van der Waals surface area contributed by atoms with Gasteiger partial charge < -0.3 is 24.7 Å². The van der Waals surface area contributed by atoms with E-state index >= 15 is 0 Å². The number of carboxylic acid groups (broad SMARTS) is 1. The highest BCUT2D eigenvalue weighted by molar-refractivity contribution is 6.07. The van der Waals surface area contributed by atoms with Gasteiger partial charge in [-0.2, -0.15) is 0 Å². The van der Waals surface area contributed by atoms with E-state index < -0.39 is 11.5 Å². The van der Waals surface area contributed by atoms with Crippen LogP contribution >= 0.6 is 0 Å². The Balaban J connectivity index is 1.23. The van der Waals surface area contributed by atoms with Crippen molar-refractivity contribution < 1.29 is 23.9 Å². The fourth-order valence-corrected chi connectivity index (χ4v) is 5.94. The highest BCUT2D eigenvalue weighted by atomic mass is 16.4. The molecule has 9 nitrogen and oxygen atoms in total. The standard InChI is InChI=1S/C33H32N4O5/c1-2-24-19-33(24,32(41)34-25-12-8-21(9-13-25)10-15-29(38)39)36-31(40)22-11-14-28-27(18-22)35-30(23-16-17-42-20-23)37(28)26-6-4-3-5-7-26/h2,8-18,20,24,26H,1,3-7,19H2,(H,34,41)(H,36,40)(H,38,39)/b15-10+/t24-,33-/m0/s1. The van der Waals surface area contributed by atoms with E-state index in [-0.39, 0.29) is 17.7 Å². The van der Waals surface area contributed by atoms with Gasteiger partial charge in [-0.25, -0.2) is 9.78 Å². The Labute approximate surface area is 242 Å². The molecule has 3 N–H and O–H groups in total. The Morgan fingerprint density at radius 2 is 1.86 bits per heavy atom. The molecule has 2 aliphatic carbocycles. The topological polar surface area (TPSA) is 126 Å². The first kappa shape index (κ1) is 27.3. The molecule has 0 aliphatic heterocycles. The Bertz CT molecular complexity index is 1680. The van der Waals surface area contributed by atoms with Crippen molar-refractivity contribution in [3.05, 3.63) is 90.9 Å². The quantitative estimate of drug-likeness (QED) is 0.164. The molecular formula is C33H32N4O5. The summed E-state index contributed by atoms with van der Waals surface area (Å²) in [5.74, 6) is -1.11. The summed E-state index contributed by atoms with van der Waals surface area (Å²) in [7, 11) is 0. The molecule has 6 rings (SSSR count). The zero-order chi connectivity index (χ0) is 29.3. The molecule has 2 aliphatic rings. The van der Waals surface area contributed by atoms with Crippen LogP contribution < -0.4 is 10.6 Å². The van der Waals surface area contributed by atoms with Crippen molar-refractivity contribution in [3.63, 3.8) is 0 Å². The predicted octanol–water partition coefficient (Wildman–Crippen LogP) is 6.21. The number of benzene rings is 2. The van der Waals surface area contributed by atoms with Crippen LogP contribution in [-0.2, 0) is 9.59 Å². The summed E-state index contributed by atoms with van der Waals surface area (Å²) < 4.78 is 7.64. The number of carbonyl (C=O) groups is 3. The first-order chi connectivity index (χ1) is 20.4. The number of carboxylic acids is 1. The molecule has 2 aromatic heterocycles. The fourth-order valence-electron chi connectivity index (χ4n) is 5.94. The van der Waals surface area contributed by atoms with Crippen LogP contribution in [0.1, 0.15) is 60.5 Å². The number of aromatic nitrogens is 2. The van der Waals surface area contributed by atoms with Crippen LogP contribution in [0.4, 0.5) is 5.69 Å². The van der Waals surface area contributed by atoms with Gasteiger partial charge in [-0.15, -0.1) is 6.58 Å². The summed E-state index contributed by atoms with van der Waals surface area (Å²) in [6.07, 6.45) is 13.7. The molecular weight excluding hydrogens is 532 g/mol. The van der Waals surface area contributed by atoms with Gasteiger partial charge in [0.15, 0.2) is 0 Å². The number of imidazole rings is 1. The fraction of sp³-hybridized carbons (Fsp3) is 0.273. The molecule has 0 saturated heterocycles. The number of nitrogens with one attached hydrogen (secondary N) is 2. The van der Waals surface area contributed by atoms with Gasteiger partial charge in [0.1, 0.15) is 17.6 Å². The molecule has 0 bridgehead atoms. The number of rotatable bonds is 9. The zero-order valence-corrected chi connectivity index (χ0v) is 23.1. The molecule has 2 heterocycles. The molecule has 9 heteroatoms. The number of furan rings is 1. The molecule has 0 spiro atoms. The number of carbonyl (C=O) groups excluding carboxylic acids is 2. The van der Waals surface area contributed by atoms with Gasteiger partial charge in [-0.1, -0.05) is 37.5 Å². The van der Waals surface area contributed by atoms with Crippen LogP contribution in [0.25, 0.3) is 28.5 Å². The highest BCUT2D eigenvalue weighted by Crippen LogP contribution is 2.45. The van der Waals surface area contributed by atoms with E-state index in [4.69, 9.17) is 14.5 Å². The summed E-state index contributed by atoms with van der Waals surface area (Å²) in [5, 5.41) is 14.7. The second-order valence-corrected chi connectivity index (χ2v) is 11.0. The second-order valence-electron chi connectivity index (χ2n) is 11.0. The van der Waals surface area contributed by atoms with Crippen LogP contribution in [0.5, 0.6) is 0 Å². The third kappa shape index (κ3) is 5.25. The van der Waals surface area contributed by atoms with Crippen LogP contribution in [0, 0.1) is 5.92 Å². The molecule has 2 aromatic carbocycles. The third-order valence-electron chi connectivity index (χ3n) is 8.30. The van der Waals surface area contributed by atoms with E-state index in [1.807, 2.05) is 12.1 Å². The van der Waals surface area contributed by atoms with Crippen molar-refractivity contribution in [1.29, 1.82) is 0 Å². The minimum atomic E-state index is -1.11. The summed E-state index contributed by atoms with van der Waals surface area (Å²) in [6, 6.07) is 14.5. The molecule has 0 radical (unpaired) electrons. The Kier molecular flexibility index (Phi) is 7.24. The molecule has 214 valence electrons. The minimum absolute atomic E-state index is 0.207. The third-order valence-corrected chi connectivity index (χ3v) is 8.30. The largest absolute Gasteiger partial charge is 0.478 e. The number of anilines is 1. The van der Waals surface area contributed by atoms with Crippen molar-refractivity contribution in [2.75, 3.05) is 5.32 Å². The number of nitrogens with zero attached hydrogens (tertiary/aromatic N) is 2. The molecule has 2 saturated carbocycles. The lowest BCUT2D eigenvalue weighted by Gasteiger charge is -2.25. The first-order valence-corrected chi connectivity index (χ1v) is 14.2. The molecule has 4 aromatic rings. The van der Waals surface area contributed by atoms with Crippen LogP contribution in [-0.4, -0.2) is 38.0 Å². The predicted molar refractivity (Wildman–Crippen MR) is 160 cm³/mol. The lowest BCUT2D eigenvalue weighted by atomic mass is 9.95.